The average Bonchev–Trinajstić information content (AvgIpc) is 2.38. The van der Waals surface area contributed by atoms with Gasteiger partial charge in [0.25, 0.3) is 0 Å². The van der Waals surface area contributed by atoms with E-state index >= 15 is 0 Å². The number of primary amides is 1. The van der Waals surface area contributed by atoms with Crippen LogP contribution in [0.25, 0.3) is 0 Å². The molecule has 1 fully saturated rings. The van der Waals surface area contributed by atoms with Crippen LogP contribution in [0.1, 0.15) is 52.4 Å². The van der Waals surface area contributed by atoms with E-state index in [0.29, 0.717) is 0 Å². The Morgan fingerprint density at radius 2 is 2.16 bits per heavy atom. The summed E-state index contributed by atoms with van der Waals surface area (Å²) in [5, 5.41) is 3.05. The fraction of sp³-hybridized carbons (Fsp3) is 0.933. The van der Waals surface area contributed by atoms with Crippen molar-refractivity contribution in [1.82, 2.24) is 10.2 Å². The summed E-state index contributed by atoms with van der Waals surface area (Å²) in [6.45, 7) is 5.28. The molecule has 4 heteroatoms. The van der Waals surface area contributed by atoms with Gasteiger partial charge in [0.05, 0.1) is 5.54 Å². The number of nitrogens with one attached hydrogen (secondary N) is 1. The summed E-state index contributed by atoms with van der Waals surface area (Å²) in [4.78, 5) is 13.9. The van der Waals surface area contributed by atoms with Gasteiger partial charge in [-0.1, -0.05) is 19.8 Å². The number of hydrogen-bond acceptors (Lipinski definition) is 3. The predicted octanol–water partition coefficient (Wildman–Crippen LogP) is 1.74. The predicted molar refractivity (Wildman–Crippen MR) is 79.9 cm³/mol. The zero-order valence-corrected chi connectivity index (χ0v) is 13.0. The van der Waals surface area contributed by atoms with E-state index in [2.05, 4.69) is 24.2 Å². The summed E-state index contributed by atoms with van der Waals surface area (Å²) in [6, 6.07) is 0.721. The Morgan fingerprint density at radius 3 is 2.68 bits per heavy atom. The number of carbonyl (C=O) groups is 1. The molecule has 1 rings (SSSR count). The fourth-order valence-corrected chi connectivity index (χ4v) is 3.04. The van der Waals surface area contributed by atoms with Crippen LogP contribution in [-0.4, -0.2) is 43.0 Å². The Morgan fingerprint density at radius 1 is 1.47 bits per heavy atom. The molecular formula is C15H31N3O. The molecule has 0 saturated heterocycles. The molecule has 1 aliphatic carbocycles. The molecular weight excluding hydrogens is 238 g/mol. The van der Waals surface area contributed by atoms with Gasteiger partial charge < -0.3 is 16.0 Å². The first kappa shape index (κ1) is 16.4. The van der Waals surface area contributed by atoms with Crippen LogP contribution in [0, 0.1) is 5.92 Å². The highest BCUT2D eigenvalue weighted by Crippen LogP contribution is 2.27. The third kappa shape index (κ3) is 4.77. The number of likely N-dealkylation sites (N-methyl/N-ethyl adjacent to an activating group) is 1. The lowest BCUT2D eigenvalue weighted by atomic mass is 9.86. The van der Waals surface area contributed by atoms with Crippen molar-refractivity contribution in [3.05, 3.63) is 0 Å². The van der Waals surface area contributed by atoms with Gasteiger partial charge >= 0.3 is 0 Å². The Hall–Kier alpha value is -0.610. The van der Waals surface area contributed by atoms with E-state index in [1.54, 1.807) is 7.05 Å². The first-order valence-electron chi connectivity index (χ1n) is 7.58. The Balaban J connectivity index is 2.33. The highest BCUT2D eigenvalue weighted by molar-refractivity contribution is 5.84. The fourth-order valence-electron chi connectivity index (χ4n) is 3.04. The van der Waals surface area contributed by atoms with Gasteiger partial charge in [-0.05, 0) is 59.2 Å². The molecule has 3 unspecified atom stereocenters. The Labute approximate surface area is 118 Å². The van der Waals surface area contributed by atoms with Gasteiger partial charge in [-0.3, -0.25) is 4.79 Å². The molecule has 1 saturated carbocycles. The topological polar surface area (TPSA) is 58.4 Å². The summed E-state index contributed by atoms with van der Waals surface area (Å²) in [6.07, 6.45) is 7.16. The molecule has 112 valence electrons. The van der Waals surface area contributed by atoms with Gasteiger partial charge in [0.1, 0.15) is 0 Å². The minimum absolute atomic E-state index is 0.260. The van der Waals surface area contributed by atoms with Crippen molar-refractivity contribution in [3.63, 3.8) is 0 Å². The van der Waals surface area contributed by atoms with Gasteiger partial charge in [-0.2, -0.15) is 0 Å². The van der Waals surface area contributed by atoms with E-state index in [1.165, 1.54) is 25.7 Å². The molecule has 0 aromatic carbocycles. The number of nitrogens with two attached hydrogens (primary N) is 1. The number of hydrogen-bond donors (Lipinski definition) is 2. The molecule has 0 aromatic rings. The maximum atomic E-state index is 11.4. The van der Waals surface area contributed by atoms with Gasteiger partial charge in [0, 0.05) is 6.04 Å². The summed E-state index contributed by atoms with van der Waals surface area (Å²) < 4.78 is 0. The molecule has 0 aliphatic heterocycles. The van der Waals surface area contributed by atoms with Gasteiger partial charge in [0.15, 0.2) is 0 Å². The van der Waals surface area contributed by atoms with Gasteiger partial charge in [-0.25, -0.2) is 0 Å². The number of nitrogens with zero attached hydrogens (tertiary/aromatic N) is 1. The number of rotatable bonds is 7. The summed E-state index contributed by atoms with van der Waals surface area (Å²) in [5.74, 6) is 0.596. The van der Waals surface area contributed by atoms with E-state index in [1.807, 2.05) is 6.92 Å². The normalized spacial score (nSPS) is 27.2. The van der Waals surface area contributed by atoms with Crippen molar-refractivity contribution in [3.8, 4) is 0 Å². The van der Waals surface area contributed by atoms with Crippen molar-refractivity contribution in [1.29, 1.82) is 0 Å². The molecule has 0 heterocycles. The quantitative estimate of drug-likeness (QED) is 0.740. The Bertz CT molecular complexity index is 295. The third-order valence-corrected chi connectivity index (χ3v) is 4.82. The SMILES string of the molecule is CNC(C)(CCCN(C)C1CCCC(C)C1)C(N)=O. The zero-order chi connectivity index (χ0) is 14.5. The summed E-state index contributed by atoms with van der Waals surface area (Å²) in [7, 11) is 4.01. The molecule has 1 aliphatic rings. The minimum Gasteiger partial charge on any atom is -0.368 e. The lowest BCUT2D eigenvalue weighted by Crippen LogP contribution is -2.51. The molecule has 0 aromatic heterocycles. The van der Waals surface area contributed by atoms with Crippen molar-refractivity contribution in [2.75, 3.05) is 20.6 Å². The first-order chi connectivity index (χ1) is 8.89. The lowest BCUT2D eigenvalue weighted by molar-refractivity contribution is -0.123. The van der Waals surface area contributed by atoms with E-state index in [0.717, 1.165) is 31.3 Å². The molecule has 1 amide bonds. The van der Waals surface area contributed by atoms with E-state index in [4.69, 9.17) is 5.73 Å². The van der Waals surface area contributed by atoms with Gasteiger partial charge in [0.2, 0.25) is 5.91 Å². The molecule has 4 nitrogen and oxygen atoms in total. The molecule has 3 N–H and O–H groups in total. The third-order valence-electron chi connectivity index (χ3n) is 4.82. The van der Waals surface area contributed by atoms with Crippen LogP contribution in [-0.2, 0) is 4.79 Å². The minimum atomic E-state index is -0.569. The number of amides is 1. The van der Waals surface area contributed by atoms with Crippen LogP contribution < -0.4 is 11.1 Å². The van der Waals surface area contributed by atoms with Crippen LogP contribution in [0.15, 0.2) is 0 Å². The van der Waals surface area contributed by atoms with E-state index < -0.39 is 5.54 Å². The van der Waals surface area contributed by atoms with Crippen LogP contribution in [0.3, 0.4) is 0 Å². The standard InChI is InChI=1S/C15H31N3O/c1-12-7-5-8-13(11-12)18(4)10-6-9-15(2,17-3)14(16)19/h12-13,17H,5-11H2,1-4H3,(H2,16,19). The van der Waals surface area contributed by atoms with Crippen molar-refractivity contribution in [2.45, 2.75) is 64.0 Å². The second-order valence-corrected chi connectivity index (χ2v) is 6.46. The number of carbonyl (C=O) groups excluding carboxylic acids is 1. The monoisotopic (exact) mass is 269 g/mol. The molecule has 19 heavy (non-hydrogen) atoms. The molecule has 0 spiro atoms. The van der Waals surface area contributed by atoms with Crippen molar-refractivity contribution < 1.29 is 4.79 Å². The van der Waals surface area contributed by atoms with E-state index in [-0.39, 0.29) is 5.91 Å². The first-order valence-corrected chi connectivity index (χ1v) is 7.58. The molecule has 0 bridgehead atoms. The van der Waals surface area contributed by atoms with Crippen molar-refractivity contribution >= 4 is 5.91 Å². The van der Waals surface area contributed by atoms with Crippen LogP contribution in [0.4, 0.5) is 0 Å². The zero-order valence-electron chi connectivity index (χ0n) is 13.0. The smallest absolute Gasteiger partial charge is 0.237 e. The van der Waals surface area contributed by atoms with E-state index in [9.17, 15) is 4.79 Å². The van der Waals surface area contributed by atoms with Crippen LogP contribution >= 0.6 is 0 Å². The maximum absolute atomic E-state index is 11.4. The second-order valence-electron chi connectivity index (χ2n) is 6.46. The van der Waals surface area contributed by atoms with Crippen LogP contribution in [0.2, 0.25) is 0 Å². The second kappa shape index (κ2) is 7.25. The highest BCUT2D eigenvalue weighted by Gasteiger charge is 2.29. The Kier molecular flexibility index (Phi) is 6.27. The van der Waals surface area contributed by atoms with Crippen LogP contribution in [0.5, 0.6) is 0 Å². The maximum Gasteiger partial charge on any atom is 0.237 e. The lowest BCUT2D eigenvalue weighted by Gasteiger charge is -2.35. The van der Waals surface area contributed by atoms with Gasteiger partial charge in [-0.15, -0.1) is 0 Å². The molecule has 3 atom stereocenters. The molecule has 0 radical (unpaired) electrons. The average molecular weight is 269 g/mol. The highest BCUT2D eigenvalue weighted by atomic mass is 16.1. The largest absolute Gasteiger partial charge is 0.368 e. The summed E-state index contributed by atoms with van der Waals surface area (Å²) in [5.41, 5.74) is 4.88. The van der Waals surface area contributed by atoms with Crippen molar-refractivity contribution in [2.24, 2.45) is 11.7 Å². The summed E-state index contributed by atoms with van der Waals surface area (Å²) >= 11 is 0.